The molecule has 3 amide bonds. The molecule has 3 aliphatic rings. The van der Waals surface area contributed by atoms with Gasteiger partial charge in [-0.3, -0.25) is 24.6 Å². The Kier molecular flexibility index (Phi) is 2.89. The van der Waals surface area contributed by atoms with Crippen LogP contribution in [0.25, 0.3) is 0 Å². The zero-order valence-electron chi connectivity index (χ0n) is 10.9. The molecule has 1 unspecified atom stereocenters. The van der Waals surface area contributed by atoms with Gasteiger partial charge in [0.1, 0.15) is 6.04 Å². The standard InChI is InChI=1S/C15H14N2O3/c1-2-11-9-5-3-4-6-10(9)15(20)17(11)12-7-8-13(18)16-14(12)19/h2-4,6,12H,1,5,7-8H2,(H,16,18,19). The van der Waals surface area contributed by atoms with Crippen molar-refractivity contribution in [1.82, 2.24) is 10.2 Å². The van der Waals surface area contributed by atoms with Gasteiger partial charge in [0, 0.05) is 17.7 Å². The highest BCUT2D eigenvalue weighted by Crippen LogP contribution is 2.37. The van der Waals surface area contributed by atoms with E-state index in [-0.39, 0.29) is 18.2 Å². The summed E-state index contributed by atoms with van der Waals surface area (Å²) in [6.07, 6.45) is 8.42. The zero-order chi connectivity index (χ0) is 14.3. The highest BCUT2D eigenvalue weighted by molar-refractivity contribution is 6.08. The molecule has 3 rings (SSSR count). The van der Waals surface area contributed by atoms with Crippen LogP contribution in [0.4, 0.5) is 0 Å². The maximum atomic E-state index is 12.5. The second kappa shape index (κ2) is 4.59. The third kappa shape index (κ3) is 1.74. The lowest BCUT2D eigenvalue weighted by atomic mass is 9.99. The van der Waals surface area contributed by atoms with Crippen LogP contribution >= 0.6 is 0 Å². The van der Waals surface area contributed by atoms with Crippen molar-refractivity contribution in [1.29, 1.82) is 0 Å². The average Bonchev–Trinajstić information content (AvgIpc) is 2.72. The minimum atomic E-state index is -0.632. The smallest absolute Gasteiger partial charge is 0.259 e. The first-order valence-electron chi connectivity index (χ1n) is 6.53. The van der Waals surface area contributed by atoms with E-state index >= 15 is 0 Å². The van der Waals surface area contributed by atoms with Gasteiger partial charge in [-0.05, 0) is 30.6 Å². The van der Waals surface area contributed by atoms with E-state index in [0.29, 0.717) is 24.1 Å². The van der Waals surface area contributed by atoms with Crippen LogP contribution in [0.5, 0.6) is 0 Å². The molecule has 1 aliphatic carbocycles. The Morgan fingerprint density at radius 1 is 1.35 bits per heavy atom. The minimum absolute atomic E-state index is 0.186. The predicted molar refractivity (Wildman–Crippen MR) is 72.1 cm³/mol. The van der Waals surface area contributed by atoms with Crippen molar-refractivity contribution in [2.24, 2.45) is 0 Å². The number of hydrogen-bond acceptors (Lipinski definition) is 3. The van der Waals surface area contributed by atoms with Gasteiger partial charge in [-0.2, -0.15) is 0 Å². The summed E-state index contributed by atoms with van der Waals surface area (Å²) in [6.45, 7) is 3.75. The van der Waals surface area contributed by atoms with Gasteiger partial charge in [-0.15, -0.1) is 0 Å². The number of imide groups is 1. The zero-order valence-corrected chi connectivity index (χ0v) is 10.9. The van der Waals surface area contributed by atoms with Gasteiger partial charge in [0.05, 0.1) is 0 Å². The lowest BCUT2D eigenvalue weighted by molar-refractivity contribution is -0.141. The lowest BCUT2D eigenvalue weighted by Gasteiger charge is -2.30. The molecule has 102 valence electrons. The highest BCUT2D eigenvalue weighted by Gasteiger charge is 2.42. The Labute approximate surface area is 116 Å². The summed E-state index contributed by atoms with van der Waals surface area (Å²) in [5.41, 5.74) is 2.20. The molecule has 0 bridgehead atoms. The number of fused-ring (bicyclic) bond motifs is 1. The molecule has 0 radical (unpaired) electrons. The van der Waals surface area contributed by atoms with Crippen LogP contribution in [0.3, 0.4) is 0 Å². The molecular formula is C15H14N2O3. The summed E-state index contributed by atoms with van der Waals surface area (Å²) in [5.74, 6) is -0.889. The van der Waals surface area contributed by atoms with E-state index in [1.807, 2.05) is 12.2 Å². The third-order valence-corrected chi connectivity index (χ3v) is 3.78. The molecule has 0 aromatic carbocycles. The Bertz CT molecular complexity index is 625. The Morgan fingerprint density at radius 3 is 2.85 bits per heavy atom. The summed E-state index contributed by atoms with van der Waals surface area (Å²) >= 11 is 0. The van der Waals surface area contributed by atoms with Crippen LogP contribution in [-0.2, 0) is 14.4 Å². The summed E-state index contributed by atoms with van der Waals surface area (Å²) in [6, 6.07) is -0.632. The van der Waals surface area contributed by atoms with Crippen LogP contribution in [0.15, 0.2) is 47.7 Å². The molecule has 0 aromatic heterocycles. The van der Waals surface area contributed by atoms with E-state index in [0.717, 1.165) is 5.57 Å². The molecule has 1 saturated heterocycles. The minimum Gasteiger partial charge on any atom is -0.296 e. The van der Waals surface area contributed by atoms with Crippen molar-refractivity contribution in [3.63, 3.8) is 0 Å². The highest BCUT2D eigenvalue weighted by atomic mass is 16.2. The van der Waals surface area contributed by atoms with Gasteiger partial charge in [0.15, 0.2) is 0 Å². The fourth-order valence-electron chi connectivity index (χ4n) is 2.85. The normalized spacial score (nSPS) is 25.6. The van der Waals surface area contributed by atoms with Crippen molar-refractivity contribution >= 4 is 17.7 Å². The van der Waals surface area contributed by atoms with E-state index < -0.39 is 11.9 Å². The number of hydrogen-bond donors (Lipinski definition) is 1. The number of amides is 3. The molecule has 0 aromatic rings. The van der Waals surface area contributed by atoms with E-state index in [4.69, 9.17) is 0 Å². The van der Waals surface area contributed by atoms with E-state index in [1.54, 1.807) is 12.2 Å². The summed E-state index contributed by atoms with van der Waals surface area (Å²) in [7, 11) is 0. The van der Waals surface area contributed by atoms with Crippen molar-refractivity contribution in [2.75, 3.05) is 0 Å². The van der Waals surface area contributed by atoms with Crippen molar-refractivity contribution in [3.05, 3.63) is 47.7 Å². The summed E-state index contributed by atoms with van der Waals surface area (Å²) in [4.78, 5) is 37.2. The van der Waals surface area contributed by atoms with Gasteiger partial charge in [-0.25, -0.2) is 0 Å². The third-order valence-electron chi connectivity index (χ3n) is 3.78. The Morgan fingerprint density at radius 2 is 2.15 bits per heavy atom. The molecule has 1 atom stereocenters. The summed E-state index contributed by atoms with van der Waals surface area (Å²) in [5, 5.41) is 2.29. The number of carbonyl (C=O) groups is 3. The molecule has 1 fully saturated rings. The fraction of sp³-hybridized carbons (Fsp3) is 0.267. The number of allylic oxidation sites excluding steroid dienone is 4. The molecule has 0 saturated carbocycles. The SMILES string of the molecule is C=CC1=C2CC=CC=C2C(=O)N1C1CCC(=O)NC1=O. The topological polar surface area (TPSA) is 66.5 Å². The van der Waals surface area contributed by atoms with Crippen LogP contribution in [0.2, 0.25) is 0 Å². The molecule has 5 nitrogen and oxygen atoms in total. The fourth-order valence-corrected chi connectivity index (χ4v) is 2.85. The first-order valence-corrected chi connectivity index (χ1v) is 6.53. The van der Waals surface area contributed by atoms with Crippen LogP contribution in [-0.4, -0.2) is 28.7 Å². The molecule has 1 N–H and O–H groups in total. The number of piperidine rings is 1. The lowest BCUT2D eigenvalue weighted by Crippen LogP contribution is -2.52. The second-order valence-electron chi connectivity index (χ2n) is 4.92. The number of nitrogens with zero attached hydrogens (tertiary/aromatic N) is 1. The van der Waals surface area contributed by atoms with Crippen LogP contribution < -0.4 is 5.32 Å². The number of carbonyl (C=O) groups excluding carboxylic acids is 3. The van der Waals surface area contributed by atoms with Gasteiger partial charge in [-0.1, -0.05) is 18.7 Å². The van der Waals surface area contributed by atoms with Crippen molar-refractivity contribution in [3.8, 4) is 0 Å². The molecular weight excluding hydrogens is 256 g/mol. The van der Waals surface area contributed by atoms with Gasteiger partial charge in [0.25, 0.3) is 5.91 Å². The van der Waals surface area contributed by atoms with Crippen LogP contribution in [0, 0.1) is 0 Å². The van der Waals surface area contributed by atoms with E-state index in [2.05, 4.69) is 11.9 Å². The molecule has 20 heavy (non-hydrogen) atoms. The first kappa shape index (κ1) is 12.6. The molecule has 2 heterocycles. The maximum Gasteiger partial charge on any atom is 0.259 e. The van der Waals surface area contributed by atoms with Gasteiger partial charge >= 0.3 is 0 Å². The Hall–Kier alpha value is -2.43. The largest absolute Gasteiger partial charge is 0.296 e. The van der Waals surface area contributed by atoms with E-state index in [1.165, 1.54) is 4.90 Å². The van der Waals surface area contributed by atoms with Gasteiger partial charge in [0.2, 0.25) is 11.8 Å². The number of rotatable bonds is 2. The number of nitrogens with one attached hydrogen (secondary N) is 1. The summed E-state index contributed by atoms with van der Waals surface area (Å²) < 4.78 is 0. The first-order chi connectivity index (χ1) is 9.63. The second-order valence-corrected chi connectivity index (χ2v) is 4.92. The molecule has 5 heteroatoms. The van der Waals surface area contributed by atoms with Crippen LogP contribution in [0.1, 0.15) is 19.3 Å². The van der Waals surface area contributed by atoms with Gasteiger partial charge < -0.3 is 0 Å². The molecule has 0 spiro atoms. The predicted octanol–water partition coefficient (Wildman–Crippen LogP) is 0.960. The quantitative estimate of drug-likeness (QED) is 0.760. The Balaban J connectivity index is 2.00. The molecule has 2 aliphatic heterocycles. The van der Waals surface area contributed by atoms with Crippen molar-refractivity contribution < 1.29 is 14.4 Å². The monoisotopic (exact) mass is 270 g/mol. The van der Waals surface area contributed by atoms with Crippen molar-refractivity contribution in [2.45, 2.75) is 25.3 Å². The average molecular weight is 270 g/mol. The van der Waals surface area contributed by atoms with E-state index in [9.17, 15) is 14.4 Å². The maximum absolute atomic E-state index is 12.5.